The van der Waals surface area contributed by atoms with Crippen LogP contribution in [0.25, 0.3) is 0 Å². The van der Waals surface area contributed by atoms with Crippen molar-refractivity contribution in [2.24, 2.45) is 0 Å². The second kappa shape index (κ2) is 8.85. The summed E-state index contributed by atoms with van der Waals surface area (Å²) in [6, 6.07) is 9.64. The molecule has 1 aromatic heterocycles. The SMILES string of the molecule is CC(=O)N1CCC(NC(=O)c2ccc(S(=O)(=O)NCc3cccs3)cc2)CC1. The Morgan fingerprint density at radius 3 is 2.39 bits per heavy atom. The van der Waals surface area contributed by atoms with Gasteiger partial charge in [0.05, 0.1) is 4.90 Å². The van der Waals surface area contributed by atoms with Crippen LogP contribution in [0.1, 0.15) is 35.0 Å². The summed E-state index contributed by atoms with van der Waals surface area (Å²) in [4.78, 5) is 26.6. The van der Waals surface area contributed by atoms with Gasteiger partial charge in [-0.25, -0.2) is 13.1 Å². The van der Waals surface area contributed by atoms with E-state index in [0.29, 0.717) is 31.5 Å². The molecule has 0 saturated carbocycles. The molecule has 0 radical (unpaired) electrons. The van der Waals surface area contributed by atoms with Gasteiger partial charge in [-0.15, -0.1) is 11.3 Å². The maximum absolute atomic E-state index is 12.4. The number of amides is 2. The lowest BCUT2D eigenvalue weighted by atomic mass is 10.0. The number of carbonyl (C=O) groups is 2. The number of hydrogen-bond donors (Lipinski definition) is 2. The van der Waals surface area contributed by atoms with Crippen molar-refractivity contribution < 1.29 is 18.0 Å². The Bertz CT molecular complexity index is 917. The second-order valence-electron chi connectivity index (χ2n) is 6.68. The normalized spacial score (nSPS) is 15.4. The van der Waals surface area contributed by atoms with Crippen molar-refractivity contribution in [3.63, 3.8) is 0 Å². The number of nitrogens with one attached hydrogen (secondary N) is 2. The van der Waals surface area contributed by atoms with Gasteiger partial charge in [-0.1, -0.05) is 6.07 Å². The summed E-state index contributed by atoms with van der Waals surface area (Å²) >= 11 is 1.48. The maximum atomic E-state index is 12.4. The molecule has 3 rings (SSSR count). The summed E-state index contributed by atoms with van der Waals surface area (Å²) in [6.07, 6.45) is 1.43. The van der Waals surface area contributed by atoms with Gasteiger partial charge in [-0.3, -0.25) is 9.59 Å². The fourth-order valence-corrected chi connectivity index (χ4v) is 4.80. The molecule has 1 fully saturated rings. The molecule has 1 aromatic carbocycles. The highest BCUT2D eigenvalue weighted by atomic mass is 32.2. The summed E-state index contributed by atoms with van der Waals surface area (Å²) < 4.78 is 27.3. The highest BCUT2D eigenvalue weighted by molar-refractivity contribution is 7.89. The third-order valence-electron chi connectivity index (χ3n) is 4.72. The third-order valence-corrected chi connectivity index (χ3v) is 7.01. The van der Waals surface area contributed by atoms with Gasteiger partial charge in [0.25, 0.3) is 5.91 Å². The summed E-state index contributed by atoms with van der Waals surface area (Å²) in [6.45, 7) is 3.05. The molecular weight excluding hydrogens is 398 g/mol. The summed E-state index contributed by atoms with van der Waals surface area (Å²) in [7, 11) is -3.63. The minimum absolute atomic E-state index is 0.0129. The van der Waals surface area contributed by atoms with E-state index in [9.17, 15) is 18.0 Å². The number of sulfonamides is 1. The molecule has 28 heavy (non-hydrogen) atoms. The van der Waals surface area contributed by atoms with E-state index in [-0.39, 0.29) is 29.3 Å². The Hall–Kier alpha value is -2.23. The Kier molecular flexibility index (Phi) is 6.48. The molecule has 2 amide bonds. The van der Waals surface area contributed by atoms with E-state index < -0.39 is 10.0 Å². The smallest absolute Gasteiger partial charge is 0.251 e. The topological polar surface area (TPSA) is 95.6 Å². The van der Waals surface area contributed by atoms with Crippen molar-refractivity contribution in [3.8, 4) is 0 Å². The first-order valence-corrected chi connectivity index (χ1v) is 11.4. The molecule has 1 saturated heterocycles. The lowest BCUT2D eigenvalue weighted by molar-refractivity contribution is -0.129. The van der Waals surface area contributed by atoms with Crippen molar-refractivity contribution in [2.75, 3.05) is 13.1 Å². The zero-order valence-corrected chi connectivity index (χ0v) is 17.2. The number of piperidine rings is 1. The van der Waals surface area contributed by atoms with E-state index in [2.05, 4.69) is 10.0 Å². The van der Waals surface area contributed by atoms with Crippen LogP contribution in [0.15, 0.2) is 46.7 Å². The highest BCUT2D eigenvalue weighted by Crippen LogP contribution is 2.15. The molecule has 2 N–H and O–H groups in total. The molecule has 1 aliphatic rings. The molecule has 0 spiro atoms. The number of benzene rings is 1. The van der Waals surface area contributed by atoms with Crippen LogP contribution in [0.3, 0.4) is 0 Å². The Balaban J connectivity index is 1.56. The Morgan fingerprint density at radius 2 is 1.82 bits per heavy atom. The van der Waals surface area contributed by atoms with Gasteiger partial charge in [-0.05, 0) is 48.6 Å². The van der Waals surface area contributed by atoms with E-state index >= 15 is 0 Å². The fraction of sp³-hybridized carbons (Fsp3) is 0.368. The fourth-order valence-electron chi connectivity index (χ4n) is 3.06. The molecular formula is C19H23N3O4S2. The molecule has 0 unspecified atom stereocenters. The first kappa shape index (κ1) is 20.5. The van der Waals surface area contributed by atoms with Crippen LogP contribution < -0.4 is 10.0 Å². The monoisotopic (exact) mass is 421 g/mol. The number of thiophene rings is 1. The molecule has 9 heteroatoms. The average molecular weight is 422 g/mol. The van der Waals surface area contributed by atoms with Gasteiger partial charge in [0.1, 0.15) is 0 Å². The lowest BCUT2D eigenvalue weighted by Gasteiger charge is -2.31. The summed E-state index contributed by atoms with van der Waals surface area (Å²) in [5.41, 5.74) is 0.409. The molecule has 150 valence electrons. The lowest BCUT2D eigenvalue weighted by Crippen LogP contribution is -2.46. The quantitative estimate of drug-likeness (QED) is 0.745. The van der Waals surface area contributed by atoms with Crippen molar-refractivity contribution in [1.29, 1.82) is 0 Å². The number of likely N-dealkylation sites (tertiary alicyclic amines) is 1. The molecule has 0 aliphatic carbocycles. The van der Waals surface area contributed by atoms with Gasteiger partial charge >= 0.3 is 0 Å². The highest BCUT2D eigenvalue weighted by Gasteiger charge is 2.22. The van der Waals surface area contributed by atoms with Gasteiger partial charge in [-0.2, -0.15) is 0 Å². The maximum Gasteiger partial charge on any atom is 0.251 e. The third kappa shape index (κ3) is 5.18. The van der Waals surface area contributed by atoms with E-state index in [4.69, 9.17) is 0 Å². The number of rotatable bonds is 6. The van der Waals surface area contributed by atoms with Gasteiger partial charge in [0, 0.05) is 43.0 Å². The van der Waals surface area contributed by atoms with Crippen LogP contribution in [0.5, 0.6) is 0 Å². The number of nitrogens with zero attached hydrogens (tertiary/aromatic N) is 1. The zero-order chi connectivity index (χ0) is 20.1. The summed E-state index contributed by atoms with van der Waals surface area (Å²) in [5.74, 6) is -0.189. The predicted octanol–water partition coefficient (Wildman–Crippen LogP) is 1.97. The van der Waals surface area contributed by atoms with E-state index in [1.165, 1.54) is 35.6 Å². The first-order valence-electron chi connectivity index (χ1n) is 9.03. The minimum Gasteiger partial charge on any atom is -0.349 e. The van der Waals surface area contributed by atoms with Gasteiger partial charge in [0.2, 0.25) is 15.9 Å². The second-order valence-corrected chi connectivity index (χ2v) is 9.48. The van der Waals surface area contributed by atoms with E-state index in [0.717, 1.165) is 4.88 Å². The van der Waals surface area contributed by atoms with Crippen LogP contribution >= 0.6 is 11.3 Å². The Labute approximate surface area is 168 Å². The van der Waals surface area contributed by atoms with Gasteiger partial charge in [0.15, 0.2) is 0 Å². The largest absolute Gasteiger partial charge is 0.349 e. The molecule has 0 atom stereocenters. The van der Waals surface area contributed by atoms with Crippen LogP contribution in [-0.2, 0) is 21.4 Å². The van der Waals surface area contributed by atoms with Gasteiger partial charge < -0.3 is 10.2 Å². The van der Waals surface area contributed by atoms with Crippen molar-refractivity contribution >= 4 is 33.2 Å². The first-order chi connectivity index (χ1) is 13.3. The molecule has 1 aliphatic heterocycles. The van der Waals surface area contributed by atoms with E-state index in [1.807, 2.05) is 17.5 Å². The standard InChI is InChI=1S/C19H23N3O4S2/c1-14(23)22-10-8-16(9-11-22)21-19(24)15-4-6-18(7-5-15)28(25,26)20-13-17-3-2-12-27-17/h2-7,12,16,20H,8-11,13H2,1H3,(H,21,24). The molecule has 7 nitrogen and oxygen atoms in total. The zero-order valence-electron chi connectivity index (χ0n) is 15.6. The van der Waals surface area contributed by atoms with Crippen molar-refractivity contribution in [3.05, 3.63) is 52.2 Å². The van der Waals surface area contributed by atoms with E-state index in [1.54, 1.807) is 11.8 Å². The van der Waals surface area contributed by atoms with Crippen LogP contribution in [0.2, 0.25) is 0 Å². The predicted molar refractivity (Wildman–Crippen MR) is 108 cm³/mol. The Morgan fingerprint density at radius 1 is 1.14 bits per heavy atom. The van der Waals surface area contributed by atoms with Crippen LogP contribution in [-0.4, -0.2) is 44.3 Å². The van der Waals surface area contributed by atoms with Crippen LogP contribution in [0, 0.1) is 0 Å². The molecule has 0 bridgehead atoms. The van der Waals surface area contributed by atoms with Crippen molar-refractivity contribution in [1.82, 2.24) is 14.9 Å². The number of carbonyl (C=O) groups excluding carboxylic acids is 2. The van der Waals surface area contributed by atoms with Crippen molar-refractivity contribution in [2.45, 2.75) is 37.2 Å². The number of hydrogen-bond acceptors (Lipinski definition) is 5. The molecule has 2 heterocycles. The van der Waals surface area contributed by atoms with Crippen LogP contribution in [0.4, 0.5) is 0 Å². The summed E-state index contributed by atoms with van der Waals surface area (Å²) in [5, 5.41) is 4.85. The average Bonchev–Trinajstić information content (AvgIpc) is 3.21. The molecule has 2 aromatic rings. The minimum atomic E-state index is -3.63.